The standard InChI is InChI=1S/C14H23N5/c1-11(2)9-19(7-5-6-15)10-14-17-12(3)8-13(16-4)18-14/h8,11H,5,7,9-10H2,1-4H3,(H,16,17,18). The zero-order chi connectivity index (χ0) is 14.3. The average molecular weight is 261 g/mol. The third-order valence-corrected chi connectivity index (χ3v) is 2.68. The lowest BCUT2D eigenvalue weighted by Crippen LogP contribution is -2.29. The van der Waals surface area contributed by atoms with Gasteiger partial charge in [0.15, 0.2) is 0 Å². The second kappa shape index (κ2) is 7.70. The molecule has 1 rings (SSSR count). The average Bonchev–Trinajstić information content (AvgIpc) is 2.34. The van der Waals surface area contributed by atoms with E-state index >= 15 is 0 Å². The highest BCUT2D eigenvalue weighted by atomic mass is 15.2. The minimum atomic E-state index is 0.539. The van der Waals surface area contributed by atoms with E-state index in [1.807, 2.05) is 20.0 Å². The second-order valence-corrected chi connectivity index (χ2v) is 5.10. The van der Waals surface area contributed by atoms with Crippen LogP contribution < -0.4 is 5.32 Å². The van der Waals surface area contributed by atoms with Gasteiger partial charge >= 0.3 is 0 Å². The topological polar surface area (TPSA) is 64.8 Å². The van der Waals surface area contributed by atoms with E-state index in [2.05, 4.69) is 40.1 Å². The molecular formula is C14H23N5. The first-order chi connectivity index (χ1) is 9.05. The van der Waals surface area contributed by atoms with Gasteiger partial charge in [-0.1, -0.05) is 13.8 Å². The molecule has 1 N–H and O–H groups in total. The number of anilines is 1. The Hall–Kier alpha value is -1.67. The number of rotatable bonds is 7. The molecule has 19 heavy (non-hydrogen) atoms. The molecule has 1 aromatic rings. The van der Waals surface area contributed by atoms with Crippen molar-refractivity contribution >= 4 is 5.82 Å². The van der Waals surface area contributed by atoms with Gasteiger partial charge in [0, 0.05) is 38.3 Å². The van der Waals surface area contributed by atoms with Gasteiger partial charge in [0.05, 0.1) is 12.6 Å². The summed E-state index contributed by atoms with van der Waals surface area (Å²) in [5.74, 6) is 2.21. The van der Waals surface area contributed by atoms with Crippen molar-refractivity contribution in [1.29, 1.82) is 5.26 Å². The Kier molecular flexibility index (Phi) is 6.23. The lowest BCUT2D eigenvalue weighted by atomic mass is 10.2. The third-order valence-electron chi connectivity index (χ3n) is 2.68. The maximum absolute atomic E-state index is 8.72. The summed E-state index contributed by atoms with van der Waals surface area (Å²) in [5.41, 5.74) is 0.958. The Morgan fingerprint density at radius 2 is 2.16 bits per heavy atom. The van der Waals surface area contributed by atoms with E-state index in [9.17, 15) is 0 Å². The van der Waals surface area contributed by atoms with Crippen LogP contribution in [-0.4, -0.2) is 35.0 Å². The Morgan fingerprint density at radius 1 is 1.42 bits per heavy atom. The van der Waals surface area contributed by atoms with Crippen LogP contribution in [-0.2, 0) is 6.54 Å². The number of nitrogens with zero attached hydrogens (tertiary/aromatic N) is 4. The zero-order valence-electron chi connectivity index (χ0n) is 12.3. The van der Waals surface area contributed by atoms with Gasteiger partial charge in [0.25, 0.3) is 0 Å². The quantitative estimate of drug-likeness (QED) is 0.815. The van der Waals surface area contributed by atoms with Crippen molar-refractivity contribution in [2.24, 2.45) is 5.92 Å². The first-order valence-electron chi connectivity index (χ1n) is 6.66. The summed E-state index contributed by atoms with van der Waals surface area (Å²) in [6.45, 7) is 8.73. The minimum Gasteiger partial charge on any atom is -0.373 e. The van der Waals surface area contributed by atoms with E-state index in [1.165, 1.54) is 0 Å². The van der Waals surface area contributed by atoms with Crippen molar-refractivity contribution in [3.05, 3.63) is 17.6 Å². The molecule has 0 atom stereocenters. The van der Waals surface area contributed by atoms with Gasteiger partial charge in [-0.3, -0.25) is 4.90 Å². The highest BCUT2D eigenvalue weighted by Crippen LogP contribution is 2.09. The maximum Gasteiger partial charge on any atom is 0.144 e. The second-order valence-electron chi connectivity index (χ2n) is 5.10. The van der Waals surface area contributed by atoms with Crippen LogP contribution in [0.4, 0.5) is 5.82 Å². The summed E-state index contributed by atoms with van der Waals surface area (Å²) in [7, 11) is 1.85. The van der Waals surface area contributed by atoms with Crippen molar-refractivity contribution in [2.45, 2.75) is 33.7 Å². The predicted octanol–water partition coefficient (Wildman–Crippen LogP) is 2.20. The van der Waals surface area contributed by atoms with Gasteiger partial charge in [-0.15, -0.1) is 0 Å². The smallest absolute Gasteiger partial charge is 0.144 e. The molecule has 0 saturated heterocycles. The molecule has 0 unspecified atom stereocenters. The minimum absolute atomic E-state index is 0.539. The van der Waals surface area contributed by atoms with Crippen LogP contribution in [0.2, 0.25) is 0 Å². The van der Waals surface area contributed by atoms with Crippen molar-refractivity contribution in [3.8, 4) is 6.07 Å². The molecule has 1 aromatic heterocycles. The maximum atomic E-state index is 8.72. The van der Waals surface area contributed by atoms with Gasteiger partial charge in [0.1, 0.15) is 11.6 Å². The summed E-state index contributed by atoms with van der Waals surface area (Å²) in [6, 6.07) is 4.12. The molecule has 0 aromatic carbocycles. The van der Waals surface area contributed by atoms with Gasteiger partial charge in [0.2, 0.25) is 0 Å². The van der Waals surface area contributed by atoms with Crippen LogP contribution in [0.15, 0.2) is 6.07 Å². The Labute approximate surface area is 115 Å². The SMILES string of the molecule is CNc1cc(C)nc(CN(CCC#N)CC(C)C)n1. The zero-order valence-corrected chi connectivity index (χ0v) is 12.3. The molecular weight excluding hydrogens is 238 g/mol. The number of nitriles is 1. The summed E-state index contributed by atoms with van der Waals surface area (Å²) in [4.78, 5) is 11.2. The lowest BCUT2D eigenvalue weighted by molar-refractivity contribution is 0.235. The van der Waals surface area contributed by atoms with Crippen molar-refractivity contribution in [1.82, 2.24) is 14.9 Å². The van der Waals surface area contributed by atoms with Crippen LogP contribution in [0.1, 0.15) is 31.8 Å². The fourth-order valence-electron chi connectivity index (χ4n) is 1.99. The fourth-order valence-corrected chi connectivity index (χ4v) is 1.99. The number of aromatic nitrogens is 2. The van der Waals surface area contributed by atoms with E-state index in [-0.39, 0.29) is 0 Å². The number of hydrogen-bond acceptors (Lipinski definition) is 5. The highest BCUT2D eigenvalue weighted by molar-refractivity contribution is 5.34. The molecule has 5 nitrogen and oxygen atoms in total. The number of nitrogens with one attached hydrogen (secondary N) is 1. The summed E-state index contributed by atoms with van der Waals surface area (Å²) >= 11 is 0. The largest absolute Gasteiger partial charge is 0.373 e. The Bertz CT molecular complexity index is 436. The first kappa shape index (κ1) is 15.4. The molecule has 0 radical (unpaired) electrons. The van der Waals surface area contributed by atoms with Crippen molar-refractivity contribution in [3.63, 3.8) is 0 Å². The van der Waals surface area contributed by atoms with Crippen LogP contribution in [0.3, 0.4) is 0 Å². The fraction of sp³-hybridized carbons (Fsp3) is 0.643. The van der Waals surface area contributed by atoms with Crippen LogP contribution in [0.5, 0.6) is 0 Å². The van der Waals surface area contributed by atoms with Crippen LogP contribution in [0.25, 0.3) is 0 Å². The molecule has 0 aliphatic rings. The first-order valence-corrected chi connectivity index (χ1v) is 6.66. The normalized spacial score (nSPS) is 10.8. The van der Waals surface area contributed by atoms with E-state index in [4.69, 9.17) is 5.26 Å². The molecule has 0 spiro atoms. The summed E-state index contributed by atoms with van der Waals surface area (Å²) in [6.07, 6.45) is 0.539. The van der Waals surface area contributed by atoms with E-state index in [1.54, 1.807) is 0 Å². The van der Waals surface area contributed by atoms with Gasteiger partial charge in [-0.05, 0) is 12.8 Å². The summed E-state index contributed by atoms with van der Waals surface area (Å²) < 4.78 is 0. The molecule has 0 saturated carbocycles. The van der Waals surface area contributed by atoms with Crippen LogP contribution in [0, 0.1) is 24.2 Å². The van der Waals surface area contributed by atoms with Crippen molar-refractivity contribution < 1.29 is 0 Å². The van der Waals surface area contributed by atoms with Gasteiger partial charge in [-0.2, -0.15) is 5.26 Å². The molecule has 0 aliphatic carbocycles. The third kappa shape index (κ3) is 5.66. The molecule has 0 aliphatic heterocycles. The summed E-state index contributed by atoms with van der Waals surface area (Å²) in [5, 5.41) is 11.8. The van der Waals surface area contributed by atoms with E-state index in [0.717, 1.165) is 30.4 Å². The predicted molar refractivity (Wildman–Crippen MR) is 76.7 cm³/mol. The van der Waals surface area contributed by atoms with E-state index in [0.29, 0.717) is 18.9 Å². The van der Waals surface area contributed by atoms with Crippen LogP contribution >= 0.6 is 0 Å². The Morgan fingerprint density at radius 3 is 2.74 bits per heavy atom. The molecule has 0 bridgehead atoms. The molecule has 104 valence electrons. The molecule has 1 heterocycles. The van der Waals surface area contributed by atoms with Gasteiger partial charge in [-0.25, -0.2) is 9.97 Å². The lowest BCUT2D eigenvalue weighted by Gasteiger charge is -2.22. The molecule has 5 heteroatoms. The number of aryl methyl sites for hydroxylation is 1. The van der Waals surface area contributed by atoms with Crippen molar-refractivity contribution in [2.75, 3.05) is 25.5 Å². The molecule has 0 fully saturated rings. The molecule has 0 amide bonds. The monoisotopic (exact) mass is 261 g/mol. The number of hydrogen-bond donors (Lipinski definition) is 1. The van der Waals surface area contributed by atoms with E-state index < -0.39 is 0 Å². The highest BCUT2D eigenvalue weighted by Gasteiger charge is 2.10. The van der Waals surface area contributed by atoms with Gasteiger partial charge < -0.3 is 5.32 Å². The Balaban J connectivity index is 2.77.